The first-order chi connectivity index (χ1) is 12.0. The summed E-state index contributed by atoms with van der Waals surface area (Å²) >= 11 is 1.34. The predicted octanol–water partition coefficient (Wildman–Crippen LogP) is 4.59. The molecule has 7 heteroatoms. The number of hydrogen-bond donors (Lipinski definition) is 0. The molecule has 0 N–H and O–H groups in total. The summed E-state index contributed by atoms with van der Waals surface area (Å²) in [6.07, 6.45) is 1.47. The van der Waals surface area contributed by atoms with E-state index in [-0.39, 0.29) is 16.8 Å². The summed E-state index contributed by atoms with van der Waals surface area (Å²) in [5.74, 6) is -0.0926. The molecule has 0 bridgehead atoms. The fourth-order valence-corrected chi connectivity index (χ4v) is 3.32. The van der Waals surface area contributed by atoms with Crippen molar-refractivity contribution in [1.82, 2.24) is 9.97 Å². The van der Waals surface area contributed by atoms with Gasteiger partial charge in [0.2, 0.25) is 0 Å². The van der Waals surface area contributed by atoms with E-state index in [2.05, 4.69) is 14.7 Å². The van der Waals surface area contributed by atoms with Crippen LogP contribution in [0.3, 0.4) is 0 Å². The van der Waals surface area contributed by atoms with Crippen molar-refractivity contribution in [2.24, 2.45) is 0 Å². The number of Topliss-reactive ketones (excluding diaryl/α,β-unsaturated/α-hetero) is 1. The third-order valence-electron chi connectivity index (χ3n) is 3.53. The van der Waals surface area contributed by atoms with Crippen molar-refractivity contribution >= 4 is 28.4 Å². The third-order valence-corrected chi connectivity index (χ3v) is 4.64. The summed E-state index contributed by atoms with van der Waals surface area (Å²) in [4.78, 5) is 21.0. The van der Waals surface area contributed by atoms with E-state index in [1.165, 1.54) is 42.4 Å². The largest absolute Gasteiger partial charge is 0.435 e. The maximum atomic E-state index is 12.6. The van der Waals surface area contributed by atoms with Crippen molar-refractivity contribution in [1.29, 1.82) is 0 Å². The van der Waals surface area contributed by atoms with Gasteiger partial charge in [0.1, 0.15) is 17.1 Å². The van der Waals surface area contributed by atoms with Crippen molar-refractivity contribution in [3.05, 3.63) is 60.4 Å². The Bertz CT molecular complexity index is 882. The van der Waals surface area contributed by atoms with Crippen LogP contribution in [-0.4, -0.2) is 27.6 Å². The minimum atomic E-state index is -2.89. The van der Waals surface area contributed by atoms with Gasteiger partial charge >= 0.3 is 6.61 Å². The predicted molar refractivity (Wildman–Crippen MR) is 92.3 cm³/mol. The average Bonchev–Trinajstić information content (AvgIpc) is 2.61. The standard InChI is InChI=1S/C18H14F2N2O2S/c1-11(16(23)12-6-8-13(9-7-12)24-18(19)20)25-17-14-4-2-3-5-15(14)21-10-22-17/h2-11,18H,1H3/t11-/m1/s1. The van der Waals surface area contributed by atoms with Crippen LogP contribution in [0, 0.1) is 0 Å². The number of halogens is 2. The number of ether oxygens (including phenoxy) is 1. The molecule has 0 saturated heterocycles. The summed E-state index contributed by atoms with van der Waals surface area (Å²) in [6.45, 7) is -1.10. The summed E-state index contributed by atoms with van der Waals surface area (Å²) in [6, 6.07) is 13.3. The van der Waals surface area contributed by atoms with Crippen LogP contribution in [0.15, 0.2) is 59.9 Å². The molecular formula is C18H14F2N2O2S. The Morgan fingerprint density at radius 1 is 1.08 bits per heavy atom. The molecule has 3 rings (SSSR count). The number of thioether (sulfide) groups is 1. The molecule has 1 heterocycles. The Labute approximate surface area is 147 Å². The van der Waals surface area contributed by atoms with E-state index in [0.717, 1.165) is 15.9 Å². The topological polar surface area (TPSA) is 52.1 Å². The summed E-state index contributed by atoms with van der Waals surface area (Å²) in [7, 11) is 0. The SMILES string of the molecule is C[C@@H](Sc1ncnc2ccccc12)C(=O)c1ccc(OC(F)F)cc1. The van der Waals surface area contributed by atoms with Crippen LogP contribution in [0.1, 0.15) is 17.3 Å². The summed E-state index contributed by atoms with van der Waals surface area (Å²) in [5, 5.41) is 1.22. The zero-order chi connectivity index (χ0) is 17.8. The Morgan fingerprint density at radius 2 is 1.80 bits per heavy atom. The first kappa shape index (κ1) is 17.3. The van der Waals surface area contributed by atoms with Gasteiger partial charge in [-0.05, 0) is 37.3 Å². The highest BCUT2D eigenvalue weighted by Gasteiger charge is 2.19. The molecule has 0 saturated carbocycles. The first-order valence-corrected chi connectivity index (χ1v) is 8.38. The molecule has 0 aliphatic rings. The van der Waals surface area contributed by atoms with Crippen LogP contribution < -0.4 is 4.74 Å². The molecule has 1 atom stereocenters. The van der Waals surface area contributed by atoms with Crippen LogP contribution in [0.25, 0.3) is 10.9 Å². The highest BCUT2D eigenvalue weighted by Crippen LogP contribution is 2.29. The number of carbonyl (C=O) groups excluding carboxylic acids is 1. The number of carbonyl (C=O) groups is 1. The van der Waals surface area contributed by atoms with Crippen LogP contribution in [0.2, 0.25) is 0 Å². The maximum absolute atomic E-state index is 12.6. The van der Waals surface area contributed by atoms with Gasteiger partial charge in [0.15, 0.2) is 5.78 Å². The van der Waals surface area contributed by atoms with Crippen molar-refractivity contribution in [2.75, 3.05) is 0 Å². The Morgan fingerprint density at radius 3 is 2.52 bits per heavy atom. The second kappa shape index (κ2) is 7.57. The number of alkyl halides is 2. The summed E-state index contributed by atoms with van der Waals surface area (Å²) < 4.78 is 28.6. The van der Waals surface area contributed by atoms with Gasteiger partial charge in [-0.3, -0.25) is 4.79 Å². The number of para-hydroxylation sites is 1. The quantitative estimate of drug-likeness (QED) is 0.365. The van der Waals surface area contributed by atoms with E-state index in [0.29, 0.717) is 5.56 Å². The third kappa shape index (κ3) is 4.11. The zero-order valence-corrected chi connectivity index (χ0v) is 14.0. The molecular weight excluding hydrogens is 346 g/mol. The average molecular weight is 360 g/mol. The van der Waals surface area contributed by atoms with Crippen molar-refractivity contribution in [2.45, 2.75) is 23.8 Å². The molecule has 3 aromatic rings. The van der Waals surface area contributed by atoms with Gasteiger partial charge in [-0.1, -0.05) is 30.0 Å². The van der Waals surface area contributed by atoms with Crippen molar-refractivity contribution in [3.8, 4) is 5.75 Å². The molecule has 0 spiro atoms. The summed E-state index contributed by atoms with van der Waals surface area (Å²) in [5.41, 5.74) is 1.24. The zero-order valence-electron chi connectivity index (χ0n) is 13.2. The lowest BCUT2D eigenvalue weighted by Crippen LogP contribution is -2.14. The lowest BCUT2D eigenvalue weighted by molar-refractivity contribution is -0.0498. The number of benzene rings is 2. The van der Waals surface area contributed by atoms with Crippen LogP contribution in [-0.2, 0) is 0 Å². The minimum absolute atomic E-state index is 0.0219. The molecule has 4 nitrogen and oxygen atoms in total. The lowest BCUT2D eigenvalue weighted by Gasteiger charge is -2.12. The highest BCUT2D eigenvalue weighted by atomic mass is 32.2. The molecule has 0 aliphatic heterocycles. The van der Waals surface area contributed by atoms with E-state index >= 15 is 0 Å². The molecule has 25 heavy (non-hydrogen) atoms. The smallest absolute Gasteiger partial charge is 0.387 e. The van der Waals surface area contributed by atoms with Crippen molar-refractivity contribution < 1.29 is 18.3 Å². The van der Waals surface area contributed by atoms with Crippen LogP contribution in [0.4, 0.5) is 8.78 Å². The number of ketones is 1. The molecule has 0 amide bonds. The van der Waals surface area contributed by atoms with Gasteiger partial charge in [-0.2, -0.15) is 8.78 Å². The Balaban J connectivity index is 1.76. The molecule has 1 aromatic heterocycles. The Kier molecular flexibility index (Phi) is 5.23. The molecule has 0 aliphatic carbocycles. The van der Waals surface area contributed by atoms with E-state index in [4.69, 9.17) is 0 Å². The second-order valence-corrected chi connectivity index (χ2v) is 6.55. The van der Waals surface area contributed by atoms with E-state index in [1.807, 2.05) is 24.3 Å². The lowest BCUT2D eigenvalue weighted by atomic mass is 10.1. The van der Waals surface area contributed by atoms with E-state index < -0.39 is 6.61 Å². The van der Waals surface area contributed by atoms with Gasteiger partial charge in [-0.25, -0.2) is 9.97 Å². The van der Waals surface area contributed by atoms with E-state index in [9.17, 15) is 13.6 Å². The first-order valence-electron chi connectivity index (χ1n) is 7.50. The molecule has 128 valence electrons. The maximum Gasteiger partial charge on any atom is 0.387 e. The van der Waals surface area contributed by atoms with E-state index in [1.54, 1.807) is 6.92 Å². The monoisotopic (exact) mass is 360 g/mol. The second-order valence-electron chi connectivity index (χ2n) is 5.22. The van der Waals surface area contributed by atoms with Gasteiger partial charge < -0.3 is 4.74 Å². The fraction of sp³-hybridized carbons (Fsp3) is 0.167. The minimum Gasteiger partial charge on any atom is -0.435 e. The molecule has 2 aromatic carbocycles. The Hall–Kier alpha value is -2.54. The number of fused-ring (bicyclic) bond motifs is 1. The number of nitrogens with zero attached hydrogens (tertiary/aromatic N) is 2. The van der Waals surface area contributed by atoms with Gasteiger partial charge in [-0.15, -0.1) is 0 Å². The fourth-order valence-electron chi connectivity index (χ4n) is 2.33. The molecule has 0 unspecified atom stereocenters. The molecule has 0 radical (unpaired) electrons. The molecule has 0 fully saturated rings. The highest BCUT2D eigenvalue weighted by molar-refractivity contribution is 8.00. The van der Waals surface area contributed by atoms with Crippen LogP contribution >= 0.6 is 11.8 Å². The number of rotatable bonds is 6. The van der Waals surface area contributed by atoms with Crippen molar-refractivity contribution in [3.63, 3.8) is 0 Å². The number of aromatic nitrogens is 2. The van der Waals surface area contributed by atoms with Gasteiger partial charge in [0.25, 0.3) is 0 Å². The van der Waals surface area contributed by atoms with Gasteiger partial charge in [0.05, 0.1) is 10.8 Å². The van der Waals surface area contributed by atoms with Crippen LogP contribution in [0.5, 0.6) is 5.75 Å². The number of hydrogen-bond acceptors (Lipinski definition) is 5. The van der Waals surface area contributed by atoms with Gasteiger partial charge in [0, 0.05) is 10.9 Å². The normalized spacial score (nSPS) is 12.3.